The van der Waals surface area contributed by atoms with Crippen LogP contribution in [0.25, 0.3) is 0 Å². The van der Waals surface area contributed by atoms with Crippen LogP contribution in [0.5, 0.6) is 0 Å². The number of carbonyl (C=O) groups is 1. The lowest BCUT2D eigenvalue weighted by molar-refractivity contribution is -0.126. The summed E-state index contributed by atoms with van der Waals surface area (Å²) in [5.74, 6) is -0.0515. The molecule has 0 aromatic carbocycles. The second-order valence-electron chi connectivity index (χ2n) is 3.36. The van der Waals surface area contributed by atoms with Crippen molar-refractivity contribution in [2.24, 2.45) is 0 Å². The Labute approximate surface area is 94.5 Å². The molecule has 0 saturated carbocycles. The van der Waals surface area contributed by atoms with Gasteiger partial charge in [0.1, 0.15) is 6.61 Å². The molecule has 1 heterocycles. The van der Waals surface area contributed by atoms with Crippen molar-refractivity contribution in [3.05, 3.63) is 22.4 Å². The van der Waals surface area contributed by atoms with E-state index in [1.165, 1.54) is 4.88 Å². The zero-order valence-electron chi connectivity index (χ0n) is 9.16. The quantitative estimate of drug-likeness (QED) is 0.758. The van der Waals surface area contributed by atoms with Crippen LogP contribution in [0.15, 0.2) is 17.5 Å². The Morgan fingerprint density at radius 2 is 2.47 bits per heavy atom. The molecule has 0 fully saturated rings. The normalized spacial score (nSPS) is 12.4. The van der Waals surface area contributed by atoms with E-state index in [-0.39, 0.29) is 18.6 Å². The number of carbonyl (C=O) groups excluding carboxylic acids is 1. The molecule has 1 N–H and O–H groups in total. The first kappa shape index (κ1) is 12.2. The third-order valence-corrected chi connectivity index (χ3v) is 2.98. The van der Waals surface area contributed by atoms with E-state index in [9.17, 15) is 4.79 Å². The maximum absolute atomic E-state index is 11.4. The van der Waals surface area contributed by atoms with Gasteiger partial charge in [0.25, 0.3) is 0 Å². The van der Waals surface area contributed by atoms with Crippen LogP contribution in [-0.4, -0.2) is 19.1 Å². The Hall–Kier alpha value is -0.870. The number of ether oxygens (including phenoxy) is 1. The van der Waals surface area contributed by atoms with E-state index < -0.39 is 0 Å². The molecule has 84 valence electrons. The highest BCUT2D eigenvalue weighted by molar-refractivity contribution is 7.10. The van der Waals surface area contributed by atoms with Crippen LogP contribution in [0.3, 0.4) is 0 Å². The number of rotatable bonds is 6. The number of hydrogen-bond donors (Lipinski definition) is 1. The number of amides is 1. The van der Waals surface area contributed by atoms with Gasteiger partial charge < -0.3 is 10.1 Å². The third-order valence-electron chi connectivity index (χ3n) is 1.93. The van der Waals surface area contributed by atoms with Gasteiger partial charge in [0.2, 0.25) is 5.91 Å². The lowest BCUT2D eigenvalue weighted by atomic mass is 10.3. The Bertz CT molecular complexity index is 285. The molecule has 0 aliphatic carbocycles. The van der Waals surface area contributed by atoms with Crippen LogP contribution in [0.1, 0.15) is 31.2 Å². The minimum atomic E-state index is -0.0515. The molecule has 1 amide bonds. The molecule has 0 aliphatic rings. The molecule has 4 heteroatoms. The standard InChI is InChI=1S/C11H17NO2S/c1-3-6-14-8-11(13)12-9(2)10-5-4-7-15-10/h4-5,7,9H,3,6,8H2,1-2H3,(H,12,13)/t9-/m0/s1. The Balaban J connectivity index is 2.26. The van der Waals surface area contributed by atoms with Gasteiger partial charge in [0.15, 0.2) is 0 Å². The highest BCUT2D eigenvalue weighted by Crippen LogP contribution is 2.17. The third kappa shape index (κ3) is 4.44. The van der Waals surface area contributed by atoms with Crippen molar-refractivity contribution in [2.45, 2.75) is 26.3 Å². The van der Waals surface area contributed by atoms with Crippen LogP contribution >= 0.6 is 11.3 Å². The maximum Gasteiger partial charge on any atom is 0.246 e. The van der Waals surface area contributed by atoms with Gasteiger partial charge in [-0.15, -0.1) is 11.3 Å². The first-order chi connectivity index (χ1) is 7.24. The minimum Gasteiger partial charge on any atom is -0.372 e. The molecule has 0 bridgehead atoms. The van der Waals surface area contributed by atoms with Crippen LogP contribution in [0.4, 0.5) is 0 Å². The van der Waals surface area contributed by atoms with Gasteiger partial charge in [-0.05, 0) is 24.8 Å². The molecule has 1 aromatic rings. The minimum absolute atomic E-state index is 0.0515. The molecule has 0 aliphatic heterocycles. The first-order valence-electron chi connectivity index (χ1n) is 5.14. The summed E-state index contributed by atoms with van der Waals surface area (Å²) in [6.07, 6.45) is 0.938. The molecular weight excluding hydrogens is 210 g/mol. The average molecular weight is 227 g/mol. The molecule has 3 nitrogen and oxygen atoms in total. The van der Waals surface area contributed by atoms with Crippen molar-refractivity contribution in [1.29, 1.82) is 0 Å². The first-order valence-corrected chi connectivity index (χ1v) is 6.02. The average Bonchev–Trinajstić information content (AvgIpc) is 2.70. The topological polar surface area (TPSA) is 38.3 Å². The van der Waals surface area contributed by atoms with Crippen molar-refractivity contribution in [1.82, 2.24) is 5.32 Å². The van der Waals surface area contributed by atoms with Gasteiger partial charge in [-0.1, -0.05) is 13.0 Å². The summed E-state index contributed by atoms with van der Waals surface area (Å²) in [5, 5.41) is 4.89. The lowest BCUT2D eigenvalue weighted by Crippen LogP contribution is -2.29. The Morgan fingerprint density at radius 1 is 1.67 bits per heavy atom. The van der Waals surface area contributed by atoms with E-state index in [2.05, 4.69) is 5.32 Å². The van der Waals surface area contributed by atoms with E-state index in [1.807, 2.05) is 31.4 Å². The summed E-state index contributed by atoms with van der Waals surface area (Å²) in [6, 6.07) is 4.07. The lowest BCUT2D eigenvalue weighted by Gasteiger charge is -2.11. The number of hydrogen-bond acceptors (Lipinski definition) is 3. The van der Waals surface area contributed by atoms with Crippen LogP contribution < -0.4 is 5.32 Å². The summed E-state index contributed by atoms with van der Waals surface area (Å²) >= 11 is 1.65. The Morgan fingerprint density at radius 3 is 3.07 bits per heavy atom. The van der Waals surface area contributed by atoms with Gasteiger partial charge in [-0.3, -0.25) is 4.79 Å². The fourth-order valence-electron chi connectivity index (χ4n) is 1.20. The SMILES string of the molecule is CCCOCC(=O)N[C@@H](C)c1cccs1. The van der Waals surface area contributed by atoms with Gasteiger partial charge in [-0.2, -0.15) is 0 Å². The van der Waals surface area contributed by atoms with E-state index >= 15 is 0 Å². The number of thiophene rings is 1. The number of nitrogens with one attached hydrogen (secondary N) is 1. The van der Waals surface area contributed by atoms with Crippen LogP contribution in [0.2, 0.25) is 0 Å². The molecule has 1 aromatic heterocycles. The molecule has 0 unspecified atom stereocenters. The van der Waals surface area contributed by atoms with Gasteiger partial charge in [0.05, 0.1) is 6.04 Å². The summed E-state index contributed by atoms with van der Waals surface area (Å²) in [5.41, 5.74) is 0. The van der Waals surface area contributed by atoms with Crippen molar-refractivity contribution < 1.29 is 9.53 Å². The molecule has 0 spiro atoms. The monoisotopic (exact) mass is 227 g/mol. The van der Waals surface area contributed by atoms with E-state index in [0.717, 1.165) is 6.42 Å². The molecule has 15 heavy (non-hydrogen) atoms. The predicted octanol–water partition coefficient (Wildman–Crippen LogP) is 2.35. The van der Waals surface area contributed by atoms with Gasteiger partial charge in [-0.25, -0.2) is 0 Å². The van der Waals surface area contributed by atoms with Gasteiger partial charge >= 0.3 is 0 Å². The van der Waals surface area contributed by atoms with Gasteiger partial charge in [0, 0.05) is 11.5 Å². The highest BCUT2D eigenvalue weighted by atomic mass is 32.1. The van der Waals surface area contributed by atoms with E-state index in [4.69, 9.17) is 4.74 Å². The van der Waals surface area contributed by atoms with Crippen molar-refractivity contribution in [2.75, 3.05) is 13.2 Å². The molecular formula is C11H17NO2S. The zero-order chi connectivity index (χ0) is 11.1. The van der Waals surface area contributed by atoms with Crippen molar-refractivity contribution in [3.63, 3.8) is 0 Å². The zero-order valence-corrected chi connectivity index (χ0v) is 9.97. The summed E-state index contributed by atoms with van der Waals surface area (Å²) in [7, 11) is 0. The second-order valence-corrected chi connectivity index (χ2v) is 4.34. The molecule has 0 radical (unpaired) electrons. The fourth-order valence-corrected chi connectivity index (χ4v) is 1.94. The molecule has 0 saturated heterocycles. The fraction of sp³-hybridized carbons (Fsp3) is 0.545. The largest absolute Gasteiger partial charge is 0.372 e. The predicted molar refractivity (Wildman–Crippen MR) is 62.0 cm³/mol. The second kappa shape index (κ2) is 6.58. The van der Waals surface area contributed by atoms with E-state index in [0.29, 0.717) is 6.61 Å². The summed E-state index contributed by atoms with van der Waals surface area (Å²) in [4.78, 5) is 12.6. The van der Waals surface area contributed by atoms with Crippen LogP contribution in [-0.2, 0) is 9.53 Å². The highest BCUT2D eigenvalue weighted by Gasteiger charge is 2.09. The van der Waals surface area contributed by atoms with Crippen LogP contribution in [0, 0.1) is 0 Å². The van der Waals surface area contributed by atoms with E-state index in [1.54, 1.807) is 11.3 Å². The smallest absolute Gasteiger partial charge is 0.246 e. The summed E-state index contributed by atoms with van der Waals surface area (Å²) in [6.45, 7) is 4.79. The van der Waals surface area contributed by atoms with Crippen molar-refractivity contribution >= 4 is 17.2 Å². The molecule has 1 rings (SSSR count). The molecule has 1 atom stereocenters. The summed E-state index contributed by atoms with van der Waals surface area (Å²) < 4.78 is 5.15. The Kier molecular flexibility index (Phi) is 5.36. The maximum atomic E-state index is 11.4. The van der Waals surface area contributed by atoms with Crippen molar-refractivity contribution in [3.8, 4) is 0 Å².